The van der Waals surface area contributed by atoms with Crippen LogP contribution in [0.25, 0.3) is 0 Å². The lowest BCUT2D eigenvalue weighted by Crippen LogP contribution is -2.10. The molecular formula is C14H17N3S. The molecule has 94 valence electrons. The van der Waals surface area contributed by atoms with E-state index in [1.54, 1.807) is 0 Å². The van der Waals surface area contributed by atoms with Crippen LogP contribution in [-0.2, 0) is 6.54 Å². The summed E-state index contributed by atoms with van der Waals surface area (Å²) in [7, 11) is 0. The van der Waals surface area contributed by atoms with Crippen LogP contribution in [0.3, 0.4) is 0 Å². The topological polar surface area (TPSA) is 43.8 Å². The molecule has 0 amide bonds. The molecule has 3 nitrogen and oxygen atoms in total. The summed E-state index contributed by atoms with van der Waals surface area (Å²) < 4.78 is 2.17. The smallest absolute Gasteiger partial charge is 0.111 e. The number of hydrogen-bond donors (Lipinski definition) is 1. The second kappa shape index (κ2) is 5.31. The Hall–Kier alpha value is -1.68. The number of nitrogens with zero attached hydrogens (tertiary/aromatic N) is 2. The Morgan fingerprint density at radius 1 is 1.33 bits per heavy atom. The van der Waals surface area contributed by atoms with Gasteiger partial charge in [0.2, 0.25) is 0 Å². The first-order chi connectivity index (χ1) is 8.58. The molecule has 0 aliphatic carbocycles. The third kappa shape index (κ3) is 2.76. The maximum Gasteiger partial charge on any atom is 0.111 e. The predicted octanol–water partition coefficient (Wildman–Crippen LogP) is 2.69. The van der Waals surface area contributed by atoms with Gasteiger partial charge in [-0.2, -0.15) is 0 Å². The van der Waals surface area contributed by atoms with Gasteiger partial charge in [-0.3, -0.25) is 0 Å². The van der Waals surface area contributed by atoms with E-state index in [9.17, 15) is 0 Å². The molecule has 1 aromatic carbocycles. The van der Waals surface area contributed by atoms with E-state index in [1.807, 2.05) is 24.5 Å². The Kier molecular flexibility index (Phi) is 3.77. The van der Waals surface area contributed by atoms with Gasteiger partial charge in [-0.05, 0) is 5.56 Å². The normalized spacial score (nSPS) is 10.8. The third-order valence-corrected chi connectivity index (χ3v) is 3.09. The molecule has 0 aliphatic rings. The highest BCUT2D eigenvalue weighted by Gasteiger charge is 2.07. The van der Waals surface area contributed by atoms with Gasteiger partial charge in [0.1, 0.15) is 10.8 Å². The van der Waals surface area contributed by atoms with E-state index in [0.717, 1.165) is 17.9 Å². The van der Waals surface area contributed by atoms with Crippen molar-refractivity contribution < 1.29 is 0 Å². The number of benzene rings is 1. The van der Waals surface area contributed by atoms with E-state index < -0.39 is 0 Å². The number of rotatable bonds is 4. The first-order valence-electron chi connectivity index (χ1n) is 5.97. The van der Waals surface area contributed by atoms with Crippen LogP contribution in [0.2, 0.25) is 0 Å². The molecule has 1 aromatic heterocycles. The van der Waals surface area contributed by atoms with Gasteiger partial charge in [0, 0.05) is 30.4 Å². The summed E-state index contributed by atoms with van der Waals surface area (Å²) in [4.78, 5) is 4.82. The molecule has 0 spiro atoms. The van der Waals surface area contributed by atoms with Crippen LogP contribution in [0.1, 0.15) is 36.7 Å². The van der Waals surface area contributed by atoms with Crippen molar-refractivity contribution in [2.45, 2.75) is 26.3 Å². The fourth-order valence-electron chi connectivity index (χ4n) is 1.93. The van der Waals surface area contributed by atoms with Crippen LogP contribution in [0.4, 0.5) is 0 Å². The minimum Gasteiger partial charge on any atom is -0.389 e. The Balaban J connectivity index is 2.18. The Morgan fingerprint density at radius 3 is 2.56 bits per heavy atom. The van der Waals surface area contributed by atoms with Crippen molar-refractivity contribution in [1.82, 2.24) is 9.55 Å². The van der Waals surface area contributed by atoms with Crippen LogP contribution in [-0.4, -0.2) is 14.5 Å². The summed E-state index contributed by atoms with van der Waals surface area (Å²) in [6.45, 7) is 5.12. The monoisotopic (exact) mass is 259 g/mol. The van der Waals surface area contributed by atoms with Crippen molar-refractivity contribution in [3.8, 4) is 0 Å². The summed E-state index contributed by atoms with van der Waals surface area (Å²) in [5.41, 5.74) is 7.70. The zero-order valence-corrected chi connectivity index (χ0v) is 11.4. The minimum absolute atomic E-state index is 0.427. The lowest BCUT2D eigenvalue weighted by atomic mass is 10.1. The quantitative estimate of drug-likeness (QED) is 0.859. The number of thiocarbonyl (C=S) groups is 1. The largest absolute Gasteiger partial charge is 0.389 e. The van der Waals surface area contributed by atoms with E-state index in [-0.39, 0.29) is 0 Å². The van der Waals surface area contributed by atoms with Crippen LogP contribution in [0, 0.1) is 0 Å². The maximum atomic E-state index is 5.58. The molecule has 0 saturated carbocycles. The van der Waals surface area contributed by atoms with Crippen LogP contribution in [0.5, 0.6) is 0 Å². The summed E-state index contributed by atoms with van der Waals surface area (Å²) in [5.74, 6) is 1.53. The van der Waals surface area contributed by atoms with Gasteiger partial charge < -0.3 is 10.3 Å². The van der Waals surface area contributed by atoms with Crippen molar-refractivity contribution in [2.24, 2.45) is 5.73 Å². The standard InChI is InChI=1S/C14H17N3S/c1-10(2)14-16-7-8-17(14)9-11-3-5-12(6-4-11)13(15)18/h3-8,10H,9H2,1-2H3,(H2,15,18). The lowest BCUT2D eigenvalue weighted by Gasteiger charge is -2.10. The molecule has 18 heavy (non-hydrogen) atoms. The Morgan fingerprint density at radius 2 is 2.00 bits per heavy atom. The molecule has 0 atom stereocenters. The summed E-state index contributed by atoms with van der Waals surface area (Å²) in [6.07, 6.45) is 3.86. The molecule has 0 unspecified atom stereocenters. The van der Waals surface area contributed by atoms with Gasteiger partial charge in [0.15, 0.2) is 0 Å². The van der Waals surface area contributed by atoms with Crippen molar-refractivity contribution in [3.05, 3.63) is 53.6 Å². The van der Waals surface area contributed by atoms with E-state index in [1.165, 1.54) is 5.56 Å². The molecule has 0 fully saturated rings. The first kappa shape index (κ1) is 12.8. The fraction of sp³-hybridized carbons (Fsp3) is 0.286. The number of nitrogens with two attached hydrogens (primary N) is 1. The van der Waals surface area contributed by atoms with Gasteiger partial charge in [0.25, 0.3) is 0 Å². The first-order valence-corrected chi connectivity index (χ1v) is 6.38. The van der Waals surface area contributed by atoms with E-state index in [2.05, 4.69) is 35.5 Å². The second-order valence-electron chi connectivity index (χ2n) is 4.63. The van der Waals surface area contributed by atoms with Crippen molar-refractivity contribution in [3.63, 3.8) is 0 Å². The fourth-order valence-corrected chi connectivity index (χ4v) is 2.06. The van der Waals surface area contributed by atoms with Gasteiger partial charge in [-0.25, -0.2) is 4.98 Å². The minimum atomic E-state index is 0.427. The number of aromatic nitrogens is 2. The van der Waals surface area contributed by atoms with E-state index >= 15 is 0 Å². The highest BCUT2D eigenvalue weighted by atomic mass is 32.1. The average molecular weight is 259 g/mol. The lowest BCUT2D eigenvalue weighted by molar-refractivity contribution is 0.669. The SMILES string of the molecule is CC(C)c1nccn1Cc1ccc(C(N)=S)cc1. The molecule has 4 heteroatoms. The van der Waals surface area contributed by atoms with Gasteiger partial charge >= 0.3 is 0 Å². The number of hydrogen-bond acceptors (Lipinski definition) is 2. The molecule has 2 aromatic rings. The van der Waals surface area contributed by atoms with Crippen LogP contribution >= 0.6 is 12.2 Å². The molecule has 0 saturated heterocycles. The zero-order chi connectivity index (χ0) is 13.1. The van der Waals surface area contributed by atoms with Gasteiger partial charge in [-0.15, -0.1) is 0 Å². The average Bonchev–Trinajstić information content (AvgIpc) is 2.78. The maximum absolute atomic E-state index is 5.58. The van der Waals surface area contributed by atoms with E-state index in [0.29, 0.717) is 10.9 Å². The summed E-state index contributed by atoms with van der Waals surface area (Å²) in [6, 6.07) is 8.03. The third-order valence-electron chi connectivity index (χ3n) is 2.86. The molecule has 2 N–H and O–H groups in total. The second-order valence-corrected chi connectivity index (χ2v) is 5.07. The van der Waals surface area contributed by atoms with Crippen molar-refractivity contribution in [1.29, 1.82) is 0 Å². The highest BCUT2D eigenvalue weighted by Crippen LogP contribution is 2.14. The Labute approximate surface area is 113 Å². The van der Waals surface area contributed by atoms with Gasteiger partial charge in [-0.1, -0.05) is 50.3 Å². The van der Waals surface area contributed by atoms with Gasteiger partial charge in [0.05, 0.1) is 0 Å². The Bertz CT molecular complexity index is 540. The molecule has 0 aliphatic heterocycles. The molecule has 1 heterocycles. The van der Waals surface area contributed by atoms with Crippen molar-refractivity contribution >= 4 is 17.2 Å². The van der Waals surface area contributed by atoms with Crippen molar-refractivity contribution in [2.75, 3.05) is 0 Å². The van der Waals surface area contributed by atoms with E-state index in [4.69, 9.17) is 18.0 Å². The van der Waals surface area contributed by atoms with Crippen LogP contribution in [0.15, 0.2) is 36.7 Å². The van der Waals surface area contributed by atoms with Crippen LogP contribution < -0.4 is 5.73 Å². The molecule has 0 bridgehead atoms. The summed E-state index contributed by atoms with van der Waals surface area (Å²) in [5, 5.41) is 0. The molecule has 2 rings (SSSR count). The molecule has 0 radical (unpaired) electrons. The molecular weight excluding hydrogens is 242 g/mol. The summed E-state index contributed by atoms with van der Waals surface area (Å²) >= 11 is 4.94. The zero-order valence-electron chi connectivity index (χ0n) is 10.6. The predicted molar refractivity (Wildman–Crippen MR) is 77.7 cm³/mol. The number of imidazole rings is 1. The highest BCUT2D eigenvalue weighted by molar-refractivity contribution is 7.80.